The smallest absolute Gasteiger partial charge is 0.206 e. The molecule has 0 aromatic rings. The molecule has 3 nitrogen and oxygen atoms in total. The van der Waals surface area contributed by atoms with Crippen LogP contribution in [0, 0.1) is 0 Å². The average Bonchev–Trinajstić information content (AvgIpc) is 1.61. The minimum absolute atomic E-state index is 1.20. The van der Waals surface area contributed by atoms with Gasteiger partial charge in [0.15, 0.2) is 0 Å². The Morgan fingerprint density at radius 3 is 2.67 bits per heavy atom. The zero-order valence-electron chi connectivity index (χ0n) is 3.59. The SMILES string of the molecule is C=NOC=NC. The van der Waals surface area contributed by atoms with Crippen molar-refractivity contribution in [3.05, 3.63) is 0 Å². The van der Waals surface area contributed by atoms with E-state index in [-0.39, 0.29) is 0 Å². The van der Waals surface area contributed by atoms with Crippen molar-refractivity contribution in [3.8, 4) is 0 Å². The minimum Gasteiger partial charge on any atom is -0.346 e. The molecule has 0 aliphatic heterocycles. The first-order valence-electron chi connectivity index (χ1n) is 1.44. The largest absolute Gasteiger partial charge is 0.346 e. The van der Waals surface area contributed by atoms with Crippen LogP contribution in [0.15, 0.2) is 10.1 Å². The van der Waals surface area contributed by atoms with Crippen LogP contribution in [0.2, 0.25) is 0 Å². The summed E-state index contributed by atoms with van der Waals surface area (Å²) < 4.78 is 0. The maximum atomic E-state index is 4.20. The third kappa shape index (κ3) is 3.14. The molecule has 0 aromatic carbocycles. The summed E-state index contributed by atoms with van der Waals surface area (Å²) in [5.74, 6) is 0. The zero-order valence-corrected chi connectivity index (χ0v) is 3.59. The Hall–Kier alpha value is -0.860. The molecule has 0 amide bonds. The van der Waals surface area contributed by atoms with Crippen molar-refractivity contribution in [2.24, 2.45) is 10.1 Å². The highest BCUT2D eigenvalue weighted by Gasteiger charge is 1.54. The molecule has 0 heterocycles. The Balaban J connectivity index is 2.85. The first-order chi connectivity index (χ1) is 2.91. The molecule has 34 valence electrons. The molecule has 0 unspecified atom stereocenters. The second-order valence-corrected chi connectivity index (χ2v) is 0.598. The highest BCUT2D eigenvalue weighted by Crippen LogP contribution is 1.59. The summed E-state index contributed by atoms with van der Waals surface area (Å²) in [7, 11) is 1.59. The molecule has 0 rings (SSSR count). The standard InChI is InChI=1S/C3H6N2O/c1-4-3-6-5-2/h3H,2H2,1H3. The summed E-state index contributed by atoms with van der Waals surface area (Å²) in [6.45, 7) is 3.03. The van der Waals surface area contributed by atoms with Crippen molar-refractivity contribution >= 4 is 13.1 Å². The lowest BCUT2D eigenvalue weighted by atomic mass is 11.3. The van der Waals surface area contributed by atoms with E-state index in [1.165, 1.54) is 6.40 Å². The van der Waals surface area contributed by atoms with E-state index in [4.69, 9.17) is 0 Å². The molecular weight excluding hydrogens is 80.0 g/mol. The molecule has 6 heavy (non-hydrogen) atoms. The van der Waals surface area contributed by atoms with Gasteiger partial charge in [-0.05, 0) is 0 Å². The van der Waals surface area contributed by atoms with Gasteiger partial charge in [0, 0.05) is 13.8 Å². The van der Waals surface area contributed by atoms with Gasteiger partial charge < -0.3 is 4.84 Å². The number of oxime groups is 1. The summed E-state index contributed by atoms with van der Waals surface area (Å²) in [5, 5.41) is 3.03. The molecule has 0 saturated heterocycles. The first-order valence-corrected chi connectivity index (χ1v) is 1.44. The second kappa shape index (κ2) is 4.14. The van der Waals surface area contributed by atoms with Crippen LogP contribution >= 0.6 is 0 Å². The maximum Gasteiger partial charge on any atom is 0.206 e. The van der Waals surface area contributed by atoms with Crippen LogP contribution in [0.5, 0.6) is 0 Å². The Kier molecular flexibility index (Phi) is 3.55. The average molecular weight is 86.1 g/mol. The van der Waals surface area contributed by atoms with Gasteiger partial charge >= 0.3 is 0 Å². The Bertz CT molecular complexity index is 59.8. The first kappa shape index (κ1) is 5.14. The summed E-state index contributed by atoms with van der Waals surface area (Å²) in [5.41, 5.74) is 0. The van der Waals surface area contributed by atoms with E-state index in [9.17, 15) is 0 Å². The van der Waals surface area contributed by atoms with E-state index in [0.717, 1.165) is 0 Å². The van der Waals surface area contributed by atoms with Crippen molar-refractivity contribution in [1.82, 2.24) is 0 Å². The second-order valence-electron chi connectivity index (χ2n) is 0.598. The van der Waals surface area contributed by atoms with Crippen molar-refractivity contribution in [2.75, 3.05) is 7.05 Å². The van der Waals surface area contributed by atoms with Crippen LogP contribution in [0.25, 0.3) is 0 Å². The predicted octanol–water partition coefficient (Wildman–Crippen LogP) is 0.277. The predicted molar refractivity (Wildman–Crippen MR) is 25.0 cm³/mol. The molecule has 0 fully saturated rings. The van der Waals surface area contributed by atoms with Crippen LogP contribution in [0.1, 0.15) is 0 Å². The molecule has 0 saturated carbocycles. The van der Waals surface area contributed by atoms with Gasteiger partial charge in [0.2, 0.25) is 6.40 Å². The van der Waals surface area contributed by atoms with Crippen LogP contribution in [0.4, 0.5) is 0 Å². The monoisotopic (exact) mass is 86.0 g/mol. The van der Waals surface area contributed by atoms with Crippen LogP contribution in [0.3, 0.4) is 0 Å². The van der Waals surface area contributed by atoms with Gasteiger partial charge in [-0.15, -0.1) is 0 Å². The lowest BCUT2D eigenvalue weighted by Crippen LogP contribution is -1.70. The molecular formula is C3H6N2O. The number of rotatable bonds is 2. The quantitative estimate of drug-likeness (QED) is 0.270. The molecule has 0 N–H and O–H groups in total. The van der Waals surface area contributed by atoms with Gasteiger partial charge in [-0.3, -0.25) is 4.99 Å². The lowest BCUT2D eigenvalue weighted by Gasteiger charge is -1.76. The van der Waals surface area contributed by atoms with Crippen molar-refractivity contribution in [3.63, 3.8) is 0 Å². The third-order valence-corrected chi connectivity index (χ3v) is 0.227. The van der Waals surface area contributed by atoms with Gasteiger partial charge in [0.05, 0.1) is 0 Å². The molecule has 0 aromatic heterocycles. The van der Waals surface area contributed by atoms with E-state index < -0.39 is 0 Å². The summed E-state index contributed by atoms with van der Waals surface area (Å²) >= 11 is 0. The fourth-order valence-electron chi connectivity index (χ4n) is 0.0805. The highest BCUT2D eigenvalue weighted by molar-refractivity contribution is 5.46. The molecule has 0 atom stereocenters. The number of aliphatic imine (C=N–C) groups is 1. The van der Waals surface area contributed by atoms with E-state index in [1.54, 1.807) is 7.05 Å². The van der Waals surface area contributed by atoms with E-state index in [2.05, 4.69) is 21.7 Å². The molecule has 0 aliphatic rings. The normalized spacial score (nSPS) is 8.83. The fourth-order valence-corrected chi connectivity index (χ4v) is 0.0805. The Morgan fingerprint density at radius 2 is 2.50 bits per heavy atom. The fraction of sp³-hybridized carbons (Fsp3) is 0.333. The van der Waals surface area contributed by atoms with Crippen molar-refractivity contribution in [1.29, 1.82) is 0 Å². The minimum atomic E-state index is 1.20. The lowest BCUT2D eigenvalue weighted by molar-refractivity contribution is 0.349. The highest BCUT2D eigenvalue weighted by atomic mass is 16.6. The maximum absolute atomic E-state index is 4.20. The molecule has 3 heteroatoms. The van der Waals surface area contributed by atoms with Crippen LogP contribution in [-0.4, -0.2) is 20.2 Å². The van der Waals surface area contributed by atoms with Crippen LogP contribution < -0.4 is 0 Å². The third-order valence-electron chi connectivity index (χ3n) is 0.227. The van der Waals surface area contributed by atoms with E-state index in [1.807, 2.05) is 0 Å². The molecule has 0 aliphatic carbocycles. The molecule has 0 radical (unpaired) electrons. The summed E-state index contributed by atoms with van der Waals surface area (Å²) in [6, 6.07) is 0. The van der Waals surface area contributed by atoms with Gasteiger partial charge in [-0.1, -0.05) is 5.16 Å². The van der Waals surface area contributed by atoms with Gasteiger partial charge in [-0.2, -0.15) is 0 Å². The number of hydrogen-bond acceptors (Lipinski definition) is 3. The number of hydrogen-bond donors (Lipinski definition) is 0. The Morgan fingerprint density at radius 1 is 1.83 bits per heavy atom. The van der Waals surface area contributed by atoms with Crippen LogP contribution in [-0.2, 0) is 4.84 Å². The molecule has 0 bridgehead atoms. The topological polar surface area (TPSA) is 34.0 Å². The van der Waals surface area contributed by atoms with E-state index >= 15 is 0 Å². The van der Waals surface area contributed by atoms with Gasteiger partial charge in [0.25, 0.3) is 0 Å². The number of nitrogens with zero attached hydrogens (tertiary/aromatic N) is 2. The van der Waals surface area contributed by atoms with Gasteiger partial charge in [0.1, 0.15) is 0 Å². The zero-order chi connectivity index (χ0) is 4.83. The van der Waals surface area contributed by atoms with Crippen molar-refractivity contribution in [2.45, 2.75) is 0 Å². The van der Waals surface area contributed by atoms with Gasteiger partial charge in [-0.25, -0.2) is 0 Å². The van der Waals surface area contributed by atoms with E-state index in [0.29, 0.717) is 0 Å². The molecule has 0 spiro atoms. The Labute approximate surface area is 36.3 Å². The summed E-state index contributed by atoms with van der Waals surface area (Å²) in [6.07, 6.45) is 1.20. The van der Waals surface area contributed by atoms with Crippen molar-refractivity contribution < 1.29 is 4.84 Å². The summed E-state index contributed by atoms with van der Waals surface area (Å²) in [4.78, 5) is 7.65.